The van der Waals surface area contributed by atoms with Crippen LogP contribution in [0.1, 0.15) is 5.69 Å². The van der Waals surface area contributed by atoms with Crippen molar-refractivity contribution >= 4 is 0 Å². The molecule has 2 rings (SSSR count). The number of hydrogen-bond acceptors (Lipinski definition) is 3. The summed E-state index contributed by atoms with van der Waals surface area (Å²) in [7, 11) is 1.51. The monoisotopic (exact) mass is 286 g/mol. The number of phenols is 1. The summed E-state index contributed by atoms with van der Waals surface area (Å²) in [4.78, 5) is 0. The van der Waals surface area contributed by atoms with Gasteiger partial charge in [0.1, 0.15) is 12.4 Å². The molecule has 1 N–H and O–H groups in total. The smallest absolute Gasteiger partial charge is 0.200 e. The zero-order valence-electron chi connectivity index (χ0n) is 10.7. The van der Waals surface area contributed by atoms with Crippen LogP contribution in [0.4, 0.5) is 13.2 Å². The number of aromatic nitrogens is 2. The third-order valence-corrected chi connectivity index (χ3v) is 2.84. The largest absolute Gasteiger partial charge is 0.505 e. The highest BCUT2D eigenvalue weighted by atomic mass is 19.2. The molecule has 0 radical (unpaired) electrons. The van der Waals surface area contributed by atoms with Gasteiger partial charge in [-0.15, -0.1) is 0 Å². The van der Waals surface area contributed by atoms with Crippen LogP contribution in [0.2, 0.25) is 0 Å². The van der Waals surface area contributed by atoms with Gasteiger partial charge in [0.15, 0.2) is 11.6 Å². The second kappa shape index (κ2) is 5.96. The molecule has 1 aromatic heterocycles. The Labute approximate surface area is 113 Å². The number of aromatic hydroxyl groups is 1. The molecule has 0 atom stereocenters. The maximum Gasteiger partial charge on any atom is 0.200 e. The highest BCUT2D eigenvalue weighted by molar-refractivity contribution is 5.67. The number of halogens is 3. The molecule has 2 aromatic rings. The van der Waals surface area contributed by atoms with Crippen LogP contribution in [0.3, 0.4) is 0 Å². The first kappa shape index (κ1) is 14.4. The van der Waals surface area contributed by atoms with Crippen molar-refractivity contribution in [2.45, 2.75) is 13.2 Å². The standard InChI is InChI=1S/C13H13F3N2O2/c1-20-5-4-18-7-9(10(6-14)17-18)8-2-3-11(19)13(16)12(8)15/h2-3,7,19H,4-6H2,1H3. The van der Waals surface area contributed by atoms with Crippen molar-refractivity contribution in [2.75, 3.05) is 13.7 Å². The first-order chi connectivity index (χ1) is 9.58. The van der Waals surface area contributed by atoms with Crippen molar-refractivity contribution in [2.24, 2.45) is 0 Å². The van der Waals surface area contributed by atoms with E-state index in [-0.39, 0.29) is 16.8 Å². The van der Waals surface area contributed by atoms with Gasteiger partial charge in [-0.2, -0.15) is 9.49 Å². The molecular weight excluding hydrogens is 273 g/mol. The summed E-state index contributed by atoms with van der Waals surface area (Å²) < 4.78 is 46.4. The molecule has 0 amide bonds. The topological polar surface area (TPSA) is 47.3 Å². The van der Waals surface area contributed by atoms with Crippen LogP contribution in [0.5, 0.6) is 5.75 Å². The summed E-state index contributed by atoms with van der Waals surface area (Å²) in [5, 5.41) is 13.0. The number of methoxy groups -OCH3 is 1. The molecule has 1 aromatic carbocycles. The van der Waals surface area contributed by atoms with E-state index >= 15 is 0 Å². The van der Waals surface area contributed by atoms with Gasteiger partial charge in [-0.05, 0) is 12.1 Å². The average molecular weight is 286 g/mol. The Kier molecular flexibility index (Phi) is 4.29. The lowest BCUT2D eigenvalue weighted by Crippen LogP contribution is -2.04. The minimum Gasteiger partial charge on any atom is -0.505 e. The third-order valence-electron chi connectivity index (χ3n) is 2.84. The highest BCUT2D eigenvalue weighted by Gasteiger charge is 2.19. The maximum absolute atomic E-state index is 13.8. The van der Waals surface area contributed by atoms with Gasteiger partial charge < -0.3 is 9.84 Å². The summed E-state index contributed by atoms with van der Waals surface area (Å²) in [6.45, 7) is -0.178. The summed E-state index contributed by atoms with van der Waals surface area (Å²) in [6, 6.07) is 2.20. The number of alkyl halides is 1. The zero-order chi connectivity index (χ0) is 14.7. The fourth-order valence-corrected chi connectivity index (χ4v) is 1.83. The van der Waals surface area contributed by atoms with E-state index in [0.717, 1.165) is 6.07 Å². The minimum atomic E-state index is -1.36. The normalized spacial score (nSPS) is 11.0. The van der Waals surface area contributed by atoms with Gasteiger partial charge in [0.05, 0.1) is 13.2 Å². The predicted octanol–water partition coefficient (Wildman–Crippen LogP) is 2.65. The molecule has 0 bridgehead atoms. The highest BCUT2D eigenvalue weighted by Crippen LogP contribution is 2.31. The minimum absolute atomic E-state index is 0.00472. The lowest BCUT2D eigenvalue weighted by Gasteiger charge is -2.04. The fourth-order valence-electron chi connectivity index (χ4n) is 1.83. The average Bonchev–Trinajstić information content (AvgIpc) is 2.86. The number of ether oxygens (including phenoxy) is 1. The van der Waals surface area contributed by atoms with Gasteiger partial charge in [0.2, 0.25) is 5.82 Å². The molecular formula is C13H13F3N2O2. The van der Waals surface area contributed by atoms with Crippen molar-refractivity contribution in [1.29, 1.82) is 0 Å². The Hall–Kier alpha value is -2.02. The summed E-state index contributed by atoms with van der Waals surface area (Å²) >= 11 is 0. The Morgan fingerprint density at radius 3 is 2.65 bits per heavy atom. The fraction of sp³-hybridized carbons (Fsp3) is 0.308. The Balaban J connectivity index is 2.46. The summed E-state index contributed by atoms with van der Waals surface area (Å²) in [5.74, 6) is -3.39. The summed E-state index contributed by atoms with van der Waals surface area (Å²) in [5.41, 5.74) is 0.0155. The molecule has 0 aliphatic rings. The maximum atomic E-state index is 13.8. The number of benzene rings is 1. The van der Waals surface area contributed by atoms with E-state index in [2.05, 4.69) is 5.10 Å². The number of hydrogen-bond donors (Lipinski definition) is 1. The van der Waals surface area contributed by atoms with Gasteiger partial charge in [0, 0.05) is 24.4 Å². The van der Waals surface area contributed by atoms with E-state index in [1.54, 1.807) is 0 Å². The molecule has 0 unspecified atom stereocenters. The van der Waals surface area contributed by atoms with E-state index in [1.165, 1.54) is 24.1 Å². The van der Waals surface area contributed by atoms with Crippen molar-refractivity contribution in [3.63, 3.8) is 0 Å². The molecule has 0 aliphatic carbocycles. The predicted molar refractivity (Wildman–Crippen MR) is 65.9 cm³/mol. The van der Waals surface area contributed by atoms with E-state index in [0.29, 0.717) is 13.2 Å². The van der Waals surface area contributed by atoms with Crippen LogP contribution in [0.25, 0.3) is 11.1 Å². The van der Waals surface area contributed by atoms with E-state index in [1.807, 2.05) is 0 Å². The van der Waals surface area contributed by atoms with E-state index in [4.69, 9.17) is 9.84 Å². The van der Waals surface area contributed by atoms with Crippen molar-refractivity contribution < 1.29 is 23.0 Å². The molecule has 20 heavy (non-hydrogen) atoms. The van der Waals surface area contributed by atoms with Crippen LogP contribution in [0.15, 0.2) is 18.3 Å². The number of nitrogens with zero attached hydrogens (tertiary/aromatic N) is 2. The quantitative estimate of drug-likeness (QED) is 0.919. The lowest BCUT2D eigenvalue weighted by molar-refractivity contribution is 0.183. The molecule has 0 aliphatic heterocycles. The first-order valence-electron chi connectivity index (χ1n) is 5.87. The van der Waals surface area contributed by atoms with Crippen molar-refractivity contribution in [1.82, 2.24) is 9.78 Å². The van der Waals surface area contributed by atoms with Gasteiger partial charge in [-0.3, -0.25) is 4.68 Å². The number of phenolic OH excluding ortho intramolecular Hbond substituents is 1. The Morgan fingerprint density at radius 1 is 1.25 bits per heavy atom. The molecule has 1 heterocycles. The molecule has 7 heteroatoms. The Bertz CT molecular complexity index is 614. The first-order valence-corrected chi connectivity index (χ1v) is 5.87. The van der Waals surface area contributed by atoms with Crippen LogP contribution < -0.4 is 0 Å². The van der Waals surface area contributed by atoms with Gasteiger partial charge in [0.25, 0.3) is 0 Å². The molecule has 0 fully saturated rings. The number of rotatable bonds is 5. The van der Waals surface area contributed by atoms with Crippen molar-refractivity contribution in [3.8, 4) is 16.9 Å². The van der Waals surface area contributed by atoms with Crippen molar-refractivity contribution in [3.05, 3.63) is 35.7 Å². The molecule has 4 nitrogen and oxygen atoms in total. The molecule has 108 valence electrons. The van der Waals surface area contributed by atoms with Crippen LogP contribution >= 0.6 is 0 Å². The molecule has 0 saturated heterocycles. The SMILES string of the molecule is COCCn1cc(-c2ccc(O)c(F)c2F)c(CF)n1. The van der Waals surface area contributed by atoms with Gasteiger partial charge >= 0.3 is 0 Å². The van der Waals surface area contributed by atoms with E-state index < -0.39 is 24.1 Å². The van der Waals surface area contributed by atoms with Gasteiger partial charge in [-0.25, -0.2) is 8.78 Å². The van der Waals surface area contributed by atoms with E-state index in [9.17, 15) is 13.2 Å². The van der Waals surface area contributed by atoms with Crippen LogP contribution in [-0.2, 0) is 18.0 Å². The second-order valence-corrected chi connectivity index (χ2v) is 4.14. The molecule has 0 spiro atoms. The van der Waals surface area contributed by atoms with Crippen LogP contribution in [0, 0.1) is 11.6 Å². The van der Waals surface area contributed by atoms with Crippen LogP contribution in [-0.4, -0.2) is 28.6 Å². The second-order valence-electron chi connectivity index (χ2n) is 4.14. The molecule has 0 saturated carbocycles. The zero-order valence-corrected chi connectivity index (χ0v) is 10.7. The Morgan fingerprint density at radius 2 is 2.00 bits per heavy atom. The lowest BCUT2D eigenvalue weighted by atomic mass is 10.1. The van der Waals surface area contributed by atoms with Gasteiger partial charge in [-0.1, -0.05) is 0 Å². The third kappa shape index (κ3) is 2.62. The summed E-state index contributed by atoms with van der Waals surface area (Å²) in [6.07, 6.45) is 1.42.